The monoisotopic (exact) mass is 413 g/mol. The van der Waals surface area contributed by atoms with Gasteiger partial charge in [-0.25, -0.2) is 8.42 Å². The van der Waals surface area contributed by atoms with E-state index in [0.29, 0.717) is 0 Å². The Balaban J connectivity index is 2.46. The van der Waals surface area contributed by atoms with Crippen LogP contribution in [-0.2, 0) is 10.0 Å². The Bertz CT molecular complexity index is 959. The molecule has 2 aromatic rings. The fourth-order valence-corrected chi connectivity index (χ4v) is 3.99. The van der Waals surface area contributed by atoms with E-state index in [1.54, 1.807) is 12.1 Å². The smallest absolute Gasteiger partial charge is 0.263 e. The van der Waals surface area contributed by atoms with Gasteiger partial charge in [0.05, 0.1) is 24.4 Å². The van der Waals surface area contributed by atoms with E-state index in [9.17, 15) is 13.5 Å². The molecule has 2 rings (SSSR count). The highest BCUT2D eigenvalue weighted by molar-refractivity contribution is 7.92. The molecule has 0 saturated heterocycles. The first-order valence-electron chi connectivity index (χ1n) is 7.28. The third-order valence-corrected chi connectivity index (χ3v) is 5.67. The number of halogens is 2. The van der Waals surface area contributed by atoms with Gasteiger partial charge in [0.15, 0.2) is 0 Å². The second kappa shape index (κ2) is 8.44. The average molecular weight is 414 g/mol. The Morgan fingerprint density at radius 1 is 1.27 bits per heavy atom. The van der Waals surface area contributed by atoms with E-state index < -0.39 is 15.9 Å². The number of aliphatic imine (C=N–C) groups is 1. The third kappa shape index (κ3) is 4.30. The highest BCUT2D eigenvalue weighted by Gasteiger charge is 2.22. The first-order chi connectivity index (χ1) is 12.3. The minimum Gasteiger partial charge on any atom is -0.858 e. The molecule has 0 aromatic heterocycles. The SMILES string of the molecule is C=CCN=C([O-])c1ccccc1NS(=O)(=O)c1ccc(OC)c(Cl)c1Cl. The molecule has 2 aromatic carbocycles. The van der Waals surface area contributed by atoms with Gasteiger partial charge in [0.2, 0.25) is 0 Å². The van der Waals surface area contributed by atoms with Gasteiger partial charge in [0.1, 0.15) is 15.7 Å². The third-order valence-electron chi connectivity index (χ3n) is 3.29. The zero-order chi connectivity index (χ0) is 19.3. The molecule has 0 radical (unpaired) electrons. The number of benzene rings is 2. The summed E-state index contributed by atoms with van der Waals surface area (Å²) in [6, 6.07) is 8.76. The van der Waals surface area contributed by atoms with Crippen molar-refractivity contribution >= 4 is 44.8 Å². The molecule has 0 atom stereocenters. The van der Waals surface area contributed by atoms with Crippen molar-refractivity contribution in [1.29, 1.82) is 0 Å². The van der Waals surface area contributed by atoms with Gasteiger partial charge in [0.25, 0.3) is 10.0 Å². The van der Waals surface area contributed by atoms with Crippen LogP contribution in [0, 0.1) is 0 Å². The Morgan fingerprint density at radius 2 is 1.96 bits per heavy atom. The Kier molecular flexibility index (Phi) is 6.52. The fourth-order valence-electron chi connectivity index (χ4n) is 2.07. The maximum Gasteiger partial charge on any atom is 0.263 e. The minimum absolute atomic E-state index is 0.0256. The van der Waals surface area contributed by atoms with Crippen molar-refractivity contribution in [2.75, 3.05) is 18.4 Å². The van der Waals surface area contributed by atoms with E-state index in [1.807, 2.05) is 0 Å². The molecule has 9 heteroatoms. The maximum absolute atomic E-state index is 12.7. The fraction of sp³-hybridized carbons (Fsp3) is 0.118. The van der Waals surface area contributed by atoms with Crippen LogP contribution in [0.5, 0.6) is 5.75 Å². The van der Waals surface area contributed by atoms with Gasteiger partial charge >= 0.3 is 0 Å². The van der Waals surface area contributed by atoms with Crippen LogP contribution in [0.4, 0.5) is 5.69 Å². The Hall–Kier alpha value is -2.22. The molecule has 0 unspecified atom stereocenters. The van der Waals surface area contributed by atoms with Crippen molar-refractivity contribution in [2.24, 2.45) is 4.99 Å². The van der Waals surface area contributed by atoms with Gasteiger partial charge in [-0.2, -0.15) is 0 Å². The summed E-state index contributed by atoms with van der Waals surface area (Å²) in [4.78, 5) is 3.53. The van der Waals surface area contributed by atoms with Gasteiger partial charge in [-0.1, -0.05) is 47.5 Å². The molecule has 0 spiro atoms. The number of ether oxygens (including phenoxy) is 1. The molecule has 6 nitrogen and oxygen atoms in total. The summed E-state index contributed by atoms with van der Waals surface area (Å²) < 4.78 is 32.8. The summed E-state index contributed by atoms with van der Waals surface area (Å²) >= 11 is 12.1. The van der Waals surface area contributed by atoms with Crippen LogP contribution in [0.3, 0.4) is 0 Å². The van der Waals surface area contributed by atoms with Gasteiger partial charge < -0.3 is 9.84 Å². The Morgan fingerprint density at radius 3 is 2.62 bits per heavy atom. The van der Waals surface area contributed by atoms with Gasteiger partial charge in [-0.15, -0.1) is 6.58 Å². The lowest BCUT2D eigenvalue weighted by molar-refractivity contribution is -0.213. The lowest BCUT2D eigenvalue weighted by Gasteiger charge is -2.17. The molecule has 1 N–H and O–H groups in total. The lowest BCUT2D eigenvalue weighted by atomic mass is 10.2. The number of sulfonamides is 1. The molecule has 26 heavy (non-hydrogen) atoms. The first-order valence-corrected chi connectivity index (χ1v) is 9.52. The van der Waals surface area contributed by atoms with Crippen molar-refractivity contribution in [2.45, 2.75) is 4.90 Å². The second-order valence-corrected chi connectivity index (χ2v) is 7.39. The normalized spacial score (nSPS) is 11.9. The van der Waals surface area contributed by atoms with Gasteiger partial charge in [0, 0.05) is 5.56 Å². The number of methoxy groups -OCH3 is 1. The molecule has 0 fully saturated rings. The van der Waals surface area contributed by atoms with Crippen LogP contribution in [0.15, 0.2) is 58.9 Å². The van der Waals surface area contributed by atoms with E-state index in [2.05, 4.69) is 16.3 Å². The van der Waals surface area contributed by atoms with Crippen molar-refractivity contribution in [1.82, 2.24) is 0 Å². The van der Waals surface area contributed by atoms with Gasteiger partial charge in [-0.3, -0.25) is 9.71 Å². The quantitative estimate of drug-likeness (QED) is 0.428. The molecule has 0 aliphatic carbocycles. The number of nitrogens with one attached hydrogen (secondary N) is 1. The lowest BCUT2D eigenvalue weighted by Crippen LogP contribution is -2.23. The predicted molar refractivity (Wildman–Crippen MR) is 102 cm³/mol. The second-order valence-electron chi connectivity index (χ2n) is 4.98. The predicted octanol–water partition coefficient (Wildman–Crippen LogP) is 3.10. The highest BCUT2D eigenvalue weighted by Crippen LogP contribution is 2.37. The first kappa shape index (κ1) is 20.1. The Labute approximate surface area is 161 Å². The average Bonchev–Trinajstić information content (AvgIpc) is 2.61. The molecule has 0 aliphatic heterocycles. The summed E-state index contributed by atoms with van der Waals surface area (Å²) in [5, 5.41) is 11.9. The topological polar surface area (TPSA) is 90.8 Å². The van der Waals surface area contributed by atoms with E-state index in [4.69, 9.17) is 27.9 Å². The molecule has 0 saturated carbocycles. The van der Waals surface area contributed by atoms with Crippen LogP contribution in [0.2, 0.25) is 10.0 Å². The molecule has 0 amide bonds. The zero-order valence-electron chi connectivity index (χ0n) is 13.7. The van der Waals surface area contributed by atoms with Crippen molar-refractivity contribution in [3.63, 3.8) is 0 Å². The summed E-state index contributed by atoms with van der Waals surface area (Å²) in [6.07, 6.45) is 1.46. The van der Waals surface area contributed by atoms with Crippen LogP contribution in [-0.4, -0.2) is 28.0 Å². The van der Waals surface area contributed by atoms with Gasteiger partial charge in [-0.05, 0) is 24.1 Å². The van der Waals surface area contributed by atoms with Crippen LogP contribution in [0.25, 0.3) is 0 Å². The van der Waals surface area contributed by atoms with Crippen LogP contribution >= 0.6 is 23.2 Å². The number of rotatable bonds is 7. The summed E-state index contributed by atoms with van der Waals surface area (Å²) in [6.45, 7) is 3.61. The molecule has 0 bridgehead atoms. The van der Waals surface area contributed by atoms with E-state index in [0.717, 1.165) is 0 Å². The number of hydrogen-bond acceptors (Lipinski definition) is 5. The summed E-state index contributed by atoms with van der Waals surface area (Å²) in [5.41, 5.74) is 0.182. The molecule has 0 aliphatic rings. The summed E-state index contributed by atoms with van der Waals surface area (Å²) in [7, 11) is -2.72. The summed E-state index contributed by atoms with van der Waals surface area (Å²) in [5.74, 6) is -0.323. The molecular weight excluding hydrogens is 399 g/mol. The zero-order valence-corrected chi connectivity index (χ0v) is 16.0. The van der Waals surface area contributed by atoms with E-state index >= 15 is 0 Å². The van der Waals surface area contributed by atoms with E-state index in [-0.39, 0.29) is 38.5 Å². The van der Waals surface area contributed by atoms with Crippen LogP contribution < -0.4 is 14.6 Å². The maximum atomic E-state index is 12.7. The molecule has 0 heterocycles. The highest BCUT2D eigenvalue weighted by atomic mass is 35.5. The van der Waals surface area contributed by atoms with Crippen molar-refractivity contribution in [3.05, 3.63) is 64.7 Å². The van der Waals surface area contributed by atoms with E-state index in [1.165, 1.54) is 37.5 Å². The standard InChI is InChI=1S/C17H16Cl2N2O4S/c1-3-10-20-17(22)11-6-4-5-7-12(11)21-26(23,24)14-9-8-13(25-2)15(18)16(14)19/h3-9,21H,1,10H2,2H3,(H,20,22)/p-1. The number of hydrogen-bond donors (Lipinski definition) is 1. The van der Waals surface area contributed by atoms with Crippen molar-refractivity contribution < 1.29 is 18.3 Å². The number of nitrogens with zero attached hydrogens (tertiary/aromatic N) is 1. The minimum atomic E-state index is -4.10. The number of para-hydroxylation sites is 1. The molecular formula is C17H15Cl2N2O4S-. The number of anilines is 1. The van der Waals surface area contributed by atoms with Crippen molar-refractivity contribution in [3.8, 4) is 5.75 Å². The van der Waals surface area contributed by atoms with Crippen LogP contribution in [0.1, 0.15) is 5.56 Å². The molecule has 138 valence electrons. The largest absolute Gasteiger partial charge is 0.858 e.